The summed E-state index contributed by atoms with van der Waals surface area (Å²) in [5, 5.41) is 2.21. The quantitative estimate of drug-likeness (QED) is 0.517. The second-order valence-electron chi connectivity index (χ2n) is 2.74. The van der Waals surface area contributed by atoms with Gasteiger partial charge < -0.3 is 0 Å². The third kappa shape index (κ3) is 0.715. The summed E-state index contributed by atoms with van der Waals surface area (Å²) in [5.74, 6) is 0.839. The van der Waals surface area contributed by atoms with Crippen LogP contribution in [0.15, 0.2) is 11.4 Å². The van der Waals surface area contributed by atoms with Crippen molar-refractivity contribution in [3.05, 3.63) is 21.9 Å². The van der Waals surface area contributed by atoms with Crippen molar-refractivity contribution >= 4 is 11.3 Å². The first-order valence-corrected chi connectivity index (χ1v) is 4.32. The molecule has 0 spiro atoms. The highest BCUT2D eigenvalue weighted by Gasteiger charge is 2.18. The van der Waals surface area contributed by atoms with Gasteiger partial charge in [-0.05, 0) is 35.8 Å². The zero-order valence-electron chi connectivity index (χ0n) is 5.55. The predicted octanol–water partition coefficient (Wildman–Crippen LogP) is 2.80. The third-order valence-corrected chi connectivity index (χ3v) is 3.11. The van der Waals surface area contributed by atoms with Crippen LogP contribution in [0.1, 0.15) is 29.7 Å². The molecule has 9 heavy (non-hydrogen) atoms. The molecule has 0 saturated heterocycles. The van der Waals surface area contributed by atoms with Crippen LogP contribution in [-0.2, 0) is 6.42 Å². The van der Waals surface area contributed by atoms with Crippen LogP contribution in [-0.4, -0.2) is 0 Å². The molecule has 1 aliphatic rings. The van der Waals surface area contributed by atoms with E-state index in [4.69, 9.17) is 0 Å². The van der Waals surface area contributed by atoms with E-state index < -0.39 is 0 Å². The average molecular weight is 138 g/mol. The standard InChI is InChI=1S/C8H10S/c1-6-2-3-8-7(6)4-5-9-8/h4-6H,2-3H2,1H3/t6-/m1/s1. The van der Waals surface area contributed by atoms with Gasteiger partial charge in [0.15, 0.2) is 0 Å². The lowest BCUT2D eigenvalue weighted by molar-refractivity contribution is 0.747. The van der Waals surface area contributed by atoms with Gasteiger partial charge in [0.2, 0.25) is 0 Å². The summed E-state index contributed by atoms with van der Waals surface area (Å²) in [4.78, 5) is 1.63. The van der Waals surface area contributed by atoms with E-state index in [2.05, 4.69) is 18.4 Å². The van der Waals surface area contributed by atoms with Gasteiger partial charge in [0, 0.05) is 4.88 Å². The lowest BCUT2D eigenvalue weighted by Gasteiger charge is -1.96. The van der Waals surface area contributed by atoms with Crippen LogP contribution in [0.3, 0.4) is 0 Å². The van der Waals surface area contributed by atoms with E-state index in [-0.39, 0.29) is 0 Å². The minimum Gasteiger partial charge on any atom is -0.149 e. The van der Waals surface area contributed by atoms with E-state index >= 15 is 0 Å². The van der Waals surface area contributed by atoms with Crippen molar-refractivity contribution in [1.82, 2.24) is 0 Å². The summed E-state index contributed by atoms with van der Waals surface area (Å²) in [7, 11) is 0. The van der Waals surface area contributed by atoms with Crippen molar-refractivity contribution < 1.29 is 0 Å². The van der Waals surface area contributed by atoms with Gasteiger partial charge in [-0.1, -0.05) is 6.92 Å². The van der Waals surface area contributed by atoms with Crippen molar-refractivity contribution in [3.8, 4) is 0 Å². The Bertz CT molecular complexity index is 212. The molecule has 0 fully saturated rings. The number of fused-ring (bicyclic) bond motifs is 1. The van der Waals surface area contributed by atoms with E-state index in [1.54, 1.807) is 10.4 Å². The van der Waals surface area contributed by atoms with E-state index in [9.17, 15) is 0 Å². The lowest BCUT2D eigenvalue weighted by atomic mass is 10.1. The zero-order valence-corrected chi connectivity index (χ0v) is 6.37. The first kappa shape index (κ1) is 5.48. The molecule has 1 aromatic rings. The Kier molecular flexibility index (Phi) is 1.12. The summed E-state index contributed by atoms with van der Waals surface area (Å²) in [5.41, 5.74) is 1.61. The molecule has 1 aliphatic carbocycles. The molecule has 0 aromatic carbocycles. The highest BCUT2D eigenvalue weighted by molar-refractivity contribution is 7.10. The van der Waals surface area contributed by atoms with Gasteiger partial charge in [-0.25, -0.2) is 0 Å². The molecule has 1 aromatic heterocycles. The van der Waals surface area contributed by atoms with Crippen LogP contribution in [0, 0.1) is 0 Å². The van der Waals surface area contributed by atoms with Crippen molar-refractivity contribution in [2.75, 3.05) is 0 Å². The molecule has 1 atom stereocenters. The van der Waals surface area contributed by atoms with Crippen molar-refractivity contribution in [3.63, 3.8) is 0 Å². The van der Waals surface area contributed by atoms with Crippen LogP contribution < -0.4 is 0 Å². The Morgan fingerprint density at radius 3 is 3.33 bits per heavy atom. The number of aryl methyl sites for hydroxylation is 1. The molecular formula is C8H10S. The summed E-state index contributed by atoms with van der Waals surface area (Å²) < 4.78 is 0. The Balaban J connectivity index is 2.49. The minimum atomic E-state index is 0.839. The van der Waals surface area contributed by atoms with Crippen LogP contribution in [0.2, 0.25) is 0 Å². The molecule has 0 amide bonds. The summed E-state index contributed by atoms with van der Waals surface area (Å²) >= 11 is 1.92. The van der Waals surface area contributed by atoms with Crippen LogP contribution in [0.4, 0.5) is 0 Å². The first-order chi connectivity index (χ1) is 4.38. The fraction of sp³-hybridized carbons (Fsp3) is 0.500. The van der Waals surface area contributed by atoms with E-state index in [0.29, 0.717) is 0 Å². The van der Waals surface area contributed by atoms with E-state index in [0.717, 1.165) is 5.92 Å². The highest BCUT2D eigenvalue weighted by atomic mass is 32.1. The number of hydrogen-bond donors (Lipinski definition) is 0. The predicted molar refractivity (Wildman–Crippen MR) is 41.1 cm³/mol. The van der Waals surface area contributed by atoms with E-state index in [1.807, 2.05) is 11.3 Å². The molecule has 0 nitrogen and oxygen atoms in total. The van der Waals surface area contributed by atoms with Gasteiger partial charge in [-0.2, -0.15) is 0 Å². The Labute approximate surface area is 59.5 Å². The molecule has 1 heteroatoms. The number of hydrogen-bond acceptors (Lipinski definition) is 1. The molecule has 0 saturated carbocycles. The fourth-order valence-electron chi connectivity index (χ4n) is 1.50. The first-order valence-electron chi connectivity index (χ1n) is 3.44. The lowest BCUT2D eigenvalue weighted by Crippen LogP contribution is -1.80. The monoisotopic (exact) mass is 138 g/mol. The molecule has 1 heterocycles. The van der Waals surface area contributed by atoms with E-state index in [1.165, 1.54) is 12.8 Å². The second kappa shape index (κ2) is 1.84. The summed E-state index contributed by atoms with van der Waals surface area (Å²) in [6.45, 7) is 2.32. The maximum Gasteiger partial charge on any atom is 0.00801 e. The van der Waals surface area contributed by atoms with Gasteiger partial charge >= 0.3 is 0 Å². The fourth-order valence-corrected chi connectivity index (χ4v) is 2.52. The SMILES string of the molecule is C[C@@H]1CCc2sccc21. The zero-order chi connectivity index (χ0) is 6.27. The van der Waals surface area contributed by atoms with Crippen LogP contribution >= 0.6 is 11.3 Å². The van der Waals surface area contributed by atoms with Crippen LogP contribution in [0.5, 0.6) is 0 Å². The molecule has 0 bridgehead atoms. The van der Waals surface area contributed by atoms with Gasteiger partial charge in [0.1, 0.15) is 0 Å². The number of rotatable bonds is 0. The minimum absolute atomic E-state index is 0.839. The maximum absolute atomic E-state index is 2.32. The Morgan fingerprint density at radius 1 is 1.67 bits per heavy atom. The largest absolute Gasteiger partial charge is 0.149 e. The summed E-state index contributed by atoms with van der Waals surface area (Å²) in [6, 6.07) is 2.28. The van der Waals surface area contributed by atoms with Crippen molar-refractivity contribution in [2.24, 2.45) is 0 Å². The molecule has 0 N–H and O–H groups in total. The van der Waals surface area contributed by atoms with Gasteiger partial charge in [0.25, 0.3) is 0 Å². The van der Waals surface area contributed by atoms with Gasteiger partial charge in [0.05, 0.1) is 0 Å². The van der Waals surface area contributed by atoms with Crippen LogP contribution in [0.25, 0.3) is 0 Å². The normalized spacial score (nSPS) is 24.3. The molecule has 48 valence electrons. The topological polar surface area (TPSA) is 0 Å². The van der Waals surface area contributed by atoms with Gasteiger partial charge in [-0.15, -0.1) is 11.3 Å². The highest BCUT2D eigenvalue weighted by Crippen LogP contribution is 2.35. The molecule has 2 rings (SSSR count). The second-order valence-corrected chi connectivity index (χ2v) is 3.74. The molecule has 0 unspecified atom stereocenters. The summed E-state index contributed by atoms with van der Waals surface area (Å²) in [6.07, 6.45) is 2.70. The number of thiophene rings is 1. The third-order valence-electron chi connectivity index (χ3n) is 2.12. The molecular weight excluding hydrogens is 128 g/mol. The molecule has 0 aliphatic heterocycles. The van der Waals surface area contributed by atoms with Crippen molar-refractivity contribution in [1.29, 1.82) is 0 Å². The maximum atomic E-state index is 2.32. The Hall–Kier alpha value is -0.300. The molecule has 0 radical (unpaired) electrons. The Morgan fingerprint density at radius 2 is 2.56 bits per heavy atom. The van der Waals surface area contributed by atoms with Gasteiger partial charge in [-0.3, -0.25) is 0 Å². The average Bonchev–Trinajstić information content (AvgIpc) is 2.35. The smallest absolute Gasteiger partial charge is 0.00801 e. The van der Waals surface area contributed by atoms with Crippen molar-refractivity contribution in [2.45, 2.75) is 25.7 Å².